The maximum atomic E-state index is 11.8. The lowest BCUT2D eigenvalue weighted by molar-refractivity contribution is -0.154. The fraction of sp³-hybridized carbons (Fsp3) is 0.917. The maximum absolute atomic E-state index is 11.8. The standard InChI is InChI=1S/C24H44N2O8/c1-3-23(27)33-21(17-25-7-13-29-14-8-25)19-31-11-5-6-12-32-20-22(34-24(28)4-2)18-26-9-15-30-16-10-26/h21-22H,3-20H2,1-2H3. The van der Waals surface area contributed by atoms with Crippen molar-refractivity contribution in [3.8, 4) is 0 Å². The molecule has 2 saturated heterocycles. The Morgan fingerprint density at radius 2 is 1.09 bits per heavy atom. The normalized spacial score (nSPS) is 19.5. The Morgan fingerprint density at radius 3 is 1.44 bits per heavy atom. The van der Waals surface area contributed by atoms with Gasteiger partial charge in [-0.3, -0.25) is 19.4 Å². The highest BCUT2D eigenvalue weighted by Gasteiger charge is 2.21. The van der Waals surface area contributed by atoms with Crippen molar-refractivity contribution in [2.45, 2.75) is 51.7 Å². The molecule has 0 spiro atoms. The summed E-state index contributed by atoms with van der Waals surface area (Å²) >= 11 is 0. The van der Waals surface area contributed by atoms with Crippen molar-refractivity contribution in [3.63, 3.8) is 0 Å². The smallest absolute Gasteiger partial charge is 0.305 e. The minimum atomic E-state index is -0.268. The number of unbranched alkanes of at least 4 members (excludes halogenated alkanes) is 1. The molecule has 0 aliphatic carbocycles. The van der Waals surface area contributed by atoms with Gasteiger partial charge in [-0.25, -0.2) is 0 Å². The SMILES string of the molecule is CCC(=O)OC(COCCCCOCC(CN1CCOCC1)OC(=O)CC)CN1CCOCC1. The van der Waals surface area contributed by atoms with Crippen LogP contribution in [0, 0.1) is 0 Å². The molecule has 2 fully saturated rings. The number of nitrogens with zero attached hydrogens (tertiary/aromatic N) is 2. The Balaban J connectivity index is 1.59. The molecule has 10 heteroatoms. The first-order valence-corrected chi connectivity index (χ1v) is 12.7. The number of carbonyl (C=O) groups is 2. The molecule has 198 valence electrons. The van der Waals surface area contributed by atoms with E-state index >= 15 is 0 Å². The van der Waals surface area contributed by atoms with Crippen LogP contribution in [0.2, 0.25) is 0 Å². The summed E-state index contributed by atoms with van der Waals surface area (Å²) in [7, 11) is 0. The van der Waals surface area contributed by atoms with E-state index in [9.17, 15) is 9.59 Å². The summed E-state index contributed by atoms with van der Waals surface area (Å²) in [6.45, 7) is 13.1. The summed E-state index contributed by atoms with van der Waals surface area (Å²) in [4.78, 5) is 28.0. The molecule has 0 N–H and O–H groups in total. The minimum Gasteiger partial charge on any atom is -0.459 e. The predicted molar refractivity (Wildman–Crippen MR) is 126 cm³/mol. The lowest BCUT2D eigenvalue weighted by Gasteiger charge is -2.30. The van der Waals surface area contributed by atoms with Crippen LogP contribution in [0.1, 0.15) is 39.5 Å². The first-order chi connectivity index (χ1) is 16.6. The minimum absolute atomic E-state index is 0.203. The molecule has 0 amide bonds. The molecule has 0 aromatic heterocycles. The number of hydrogen-bond donors (Lipinski definition) is 0. The third-order valence-electron chi connectivity index (χ3n) is 5.74. The Kier molecular flexibility index (Phi) is 15.3. The van der Waals surface area contributed by atoms with Gasteiger partial charge in [0.15, 0.2) is 0 Å². The Morgan fingerprint density at radius 1 is 0.706 bits per heavy atom. The average molecular weight is 489 g/mol. The van der Waals surface area contributed by atoms with E-state index in [1.54, 1.807) is 13.8 Å². The van der Waals surface area contributed by atoms with E-state index in [0.717, 1.165) is 39.0 Å². The Hall–Kier alpha value is -1.30. The molecule has 34 heavy (non-hydrogen) atoms. The molecule has 2 atom stereocenters. The molecule has 2 unspecified atom stereocenters. The predicted octanol–water partition coefficient (Wildman–Crippen LogP) is 1.11. The van der Waals surface area contributed by atoms with E-state index in [4.69, 9.17) is 28.4 Å². The fourth-order valence-electron chi connectivity index (χ4n) is 3.77. The quantitative estimate of drug-likeness (QED) is 0.219. The van der Waals surface area contributed by atoms with E-state index in [-0.39, 0.29) is 24.1 Å². The Labute approximate surface area is 204 Å². The van der Waals surface area contributed by atoms with Crippen LogP contribution >= 0.6 is 0 Å². The molecule has 0 aromatic carbocycles. The van der Waals surface area contributed by atoms with Crippen molar-refractivity contribution in [1.29, 1.82) is 0 Å². The summed E-state index contributed by atoms with van der Waals surface area (Å²) in [6, 6.07) is 0. The van der Waals surface area contributed by atoms with Crippen LogP contribution in [0.25, 0.3) is 0 Å². The van der Waals surface area contributed by atoms with Gasteiger partial charge in [0.05, 0.1) is 39.6 Å². The second-order valence-electron chi connectivity index (χ2n) is 8.61. The third kappa shape index (κ3) is 13.0. The number of esters is 2. The van der Waals surface area contributed by atoms with Gasteiger partial charge in [-0.15, -0.1) is 0 Å². The van der Waals surface area contributed by atoms with Crippen molar-refractivity contribution in [3.05, 3.63) is 0 Å². The van der Waals surface area contributed by atoms with Crippen LogP contribution in [0.3, 0.4) is 0 Å². The molecule has 2 rings (SSSR count). The van der Waals surface area contributed by atoms with E-state index < -0.39 is 0 Å². The largest absolute Gasteiger partial charge is 0.459 e. The number of carbonyl (C=O) groups excluding carboxylic acids is 2. The first-order valence-electron chi connectivity index (χ1n) is 12.7. The van der Waals surface area contributed by atoms with Crippen molar-refractivity contribution in [2.24, 2.45) is 0 Å². The van der Waals surface area contributed by atoms with Crippen LogP contribution in [0.5, 0.6) is 0 Å². The molecule has 0 aromatic rings. The summed E-state index contributed by atoms with van der Waals surface area (Å²) in [5, 5.41) is 0. The third-order valence-corrected chi connectivity index (χ3v) is 5.74. The topological polar surface area (TPSA) is 96.0 Å². The van der Waals surface area contributed by atoms with E-state index in [2.05, 4.69) is 9.80 Å². The molecule has 0 saturated carbocycles. The molecule has 0 bridgehead atoms. The number of hydrogen-bond acceptors (Lipinski definition) is 10. The van der Waals surface area contributed by atoms with E-state index in [0.29, 0.717) is 78.8 Å². The number of ether oxygens (including phenoxy) is 6. The van der Waals surface area contributed by atoms with Gasteiger partial charge in [0, 0.05) is 65.3 Å². The molecular formula is C24H44N2O8. The van der Waals surface area contributed by atoms with Gasteiger partial charge >= 0.3 is 11.9 Å². The highest BCUT2D eigenvalue weighted by Crippen LogP contribution is 2.07. The van der Waals surface area contributed by atoms with Gasteiger partial charge in [0.25, 0.3) is 0 Å². The van der Waals surface area contributed by atoms with E-state index in [1.807, 2.05) is 0 Å². The van der Waals surface area contributed by atoms with Crippen molar-refractivity contribution >= 4 is 11.9 Å². The van der Waals surface area contributed by atoms with Gasteiger partial charge < -0.3 is 28.4 Å². The zero-order chi connectivity index (χ0) is 24.4. The monoisotopic (exact) mass is 488 g/mol. The fourth-order valence-corrected chi connectivity index (χ4v) is 3.77. The second-order valence-corrected chi connectivity index (χ2v) is 8.61. The second kappa shape index (κ2) is 18.0. The summed E-state index contributed by atoms with van der Waals surface area (Å²) in [5.41, 5.74) is 0. The zero-order valence-electron chi connectivity index (χ0n) is 21.0. The van der Waals surface area contributed by atoms with Crippen LogP contribution in [-0.2, 0) is 38.0 Å². The van der Waals surface area contributed by atoms with Gasteiger partial charge in [-0.2, -0.15) is 0 Å². The molecule has 2 heterocycles. The lowest BCUT2D eigenvalue weighted by Crippen LogP contribution is -2.43. The molecule has 2 aliphatic heterocycles. The van der Waals surface area contributed by atoms with Gasteiger partial charge in [0.1, 0.15) is 12.2 Å². The Bertz CT molecular complexity index is 505. The number of morpholine rings is 2. The van der Waals surface area contributed by atoms with Crippen molar-refractivity contribution in [2.75, 3.05) is 92.1 Å². The summed E-state index contributed by atoms with van der Waals surface area (Å²) in [6.07, 6.45) is 1.87. The first kappa shape index (κ1) is 28.9. The van der Waals surface area contributed by atoms with Crippen LogP contribution in [0.4, 0.5) is 0 Å². The lowest BCUT2D eigenvalue weighted by atomic mass is 10.3. The van der Waals surface area contributed by atoms with E-state index in [1.165, 1.54) is 0 Å². The highest BCUT2D eigenvalue weighted by molar-refractivity contribution is 5.69. The zero-order valence-corrected chi connectivity index (χ0v) is 21.0. The summed E-state index contributed by atoms with van der Waals surface area (Å²) in [5.74, 6) is -0.406. The molecule has 0 radical (unpaired) electrons. The molecule has 10 nitrogen and oxygen atoms in total. The highest BCUT2D eigenvalue weighted by atomic mass is 16.6. The summed E-state index contributed by atoms with van der Waals surface area (Å²) < 4.78 is 33.5. The maximum Gasteiger partial charge on any atom is 0.305 e. The van der Waals surface area contributed by atoms with Gasteiger partial charge in [0.2, 0.25) is 0 Å². The van der Waals surface area contributed by atoms with Gasteiger partial charge in [-0.05, 0) is 12.8 Å². The molecular weight excluding hydrogens is 444 g/mol. The molecule has 2 aliphatic rings. The van der Waals surface area contributed by atoms with Crippen LogP contribution in [-0.4, -0.2) is 126 Å². The van der Waals surface area contributed by atoms with Crippen LogP contribution in [0.15, 0.2) is 0 Å². The van der Waals surface area contributed by atoms with Gasteiger partial charge in [-0.1, -0.05) is 13.8 Å². The van der Waals surface area contributed by atoms with Crippen LogP contribution < -0.4 is 0 Å². The van der Waals surface area contributed by atoms with Crippen molar-refractivity contribution in [1.82, 2.24) is 9.80 Å². The van der Waals surface area contributed by atoms with Crippen molar-refractivity contribution < 1.29 is 38.0 Å². The average Bonchev–Trinajstić information content (AvgIpc) is 2.86. The number of rotatable bonds is 17.